The van der Waals surface area contributed by atoms with Gasteiger partial charge in [-0.15, -0.1) is 0 Å². The summed E-state index contributed by atoms with van der Waals surface area (Å²) >= 11 is 0. The van der Waals surface area contributed by atoms with Gasteiger partial charge in [-0.2, -0.15) is 0 Å². The lowest BCUT2D eigenvalue weighted by molar-refractivity contribution is 1.03. The minimum absolute atomic E-state index is 0.531. The molecule has 0 saturated heterocycles. The normalized spacial score (nSPS) is 9.73. The highest BCUT2D eigenvalue weighted by atomic mass is 15.0. The van der Waals surface area contributed by atoms with Crippen LogP contribution < -0.4 is 11.1 Å². The number of hydrogen-bond acceptors (Lipinski definition) is 3. The van der Waals surface area contributed by atoms with Crippen molar-refractivity contribution in [2.24, 2.45) is 5.73 Å². The van der Waals surface area contributed by atoms with Crippen molar-refractivity contribution in [3.63, 3.8) is 0 Å². The molecule has 0 unspecified atom stereocenters. The second kappa shape index (κ2) is 3.34. The van der Waals surface area contributed by atoms with E-state index >= 15 is 0 Å². The molecule has 3 heteroatoms. The van der Waals surface area contributed by atoms with Gasteiger partial charge in [-0.3, -0.25) is 0 Å². The summed E-state index contributed by atoms with van der Waals surface area (Å²) in [6.45, 7) is 2.49. The van der Waals surface area contributed by atoms with Gasteiger partial charge in [-0.1, -0.05) is 6.07 Å². The lowest BCUT2D eigenvalue weighted by atomic mass is 10.2. The smallest absolute Gasteiger partial charge is 0.130 e. The molecule has 0 amide bonds. The maximum atomic E-state index is 5.50. The third-order valence-electron chi connectivity index (χ3n) is 1.57. The number of nitrogens with one attached hydrogen (secondary N) is 1. The molecular formula is C8H13N3. The molecule has 11 heavy (non-hydrogen) atoms. The Kier molecular flexibility index (Phi) is 2.44. The highest BCUT2D eigenvalue weighted by molar-refractivity contribution is 5.44. The van der Waals surface area contributed by atoms with Crippen LogP contribution in [0.15, 0.2) is 12.1 Å². The van der Waals surface area contributed by atoms with Crippen molar-refractivity contribution in [2.75, 3.05) is 12.4 Å². The summed E-state index contributed by atoms with van der Waals surface area (Å²) in [6, 6.07) is 3.96. The Bertz CT molecular complexity index is 245. The van der Waals surface area contributed by atoms with Gasteiger partial charge < -0.3 is 11.1 Å². The Morgan fingerprint density at radius 1 is 1.55 bits per heavy atom. The van der Waals surface area contributed by atoms with E-state index in [1.807, 2.05) is 26.1 Å². The van der Waals surface area contributed by atoms with Gasteiger partial charge >= 0.3 is 0 Å². The van der Waals surface area contributed by atoms with Gasteiger partial charge in [0.15, 0.2) is 0 Å². The number of hydrogen-bond donors (Lipinski definition) is 2. The van der Waals surface area contributed by atoms with Crippen molar-refractivity contribution in [3.05, 3.63) is 23.4 Å². The zero-order valence-corrected chi connectivity index (χ0v) is 6.89. The van der Waals surface area contributed by atoms with Crippen LogP contribution in [0.5, 0.6) is 0 Å². The Morgan fingerprint density at radius 3 is 2.82 bits per heavy atom. The molecule has 1 aromatic heterocycles. The van der Waals surface area contributed by atoms with E-state index in [1.54, 1.807) is 0 Å². The van der Waals surface area contributed by atoms with Crippen LogP contribution in [-0.2, 0) is 6.54 Å². The summed E-state index contributed by atoms with van der Waals surface area (Å²) in [7, 11) is 1.85. The van der Waals surface area contributed by atoms with Crippen LogP contribution >= 0.6 is 0 Å². The van der Waals surface area contributed by atoms with Crippen molar-refractivity contribution in [3.8, 4) is 0 Å². The van der Waals surface area contributed by atoms with Crippen LogP contribution in [0.25, 0.3) is 0 Å². The minimum atomic E-state index is 0.531. The second-order valence-electron chi connectivity index (χ2n) is 2.41. The Labute approximate surface area is 66.6 Å². The first-order valence-corrected chi connectivity index (χ1v) is 3.62. The highest BCUT2D eigenvalue weighted by Crippen LogP contribution is 2.10. The molecule has 60 valence electrons. The van der Waals surface area contributed by atoms with Crippen LogP contribution in [-0.4, -0.2) is 12.0 Å². The average molecular weight is 151 g/mol. The van der Waals surface area contributed by atoms with Gasteiger partial charge in [0.25, 0.3) is 0 Å². The van der Waals surface area contributed by atoms with E-state index in [2.05, 4.69) is 10.3 Å². The van der Waals surface area contributed by atoms with Crippen LogP contribution in [0.3, 0.4) is 0 Å². The highest BCUT2D eigenvalue weighted by Gasteiger charge is 1.98. The standard InChI is InChI=1S/C8H13N3/c1-6-3-4-7(5-9)8(10-2)11-6/h3-4H,5,9H2,1-2H3,(H,10,11). The van der Waals surface area contributed by atoms with Gasteiger partial charge in [-0.05, 0) is 13.0 Å². The number of pyridine rings is 1. The zero-order valence-electron chi connectivity index (χ0n) is 6.89. The summed E-state index contributed by atoms with van der Waals surface area (Å²) in [5.74, 6) is 0.882. The van der Waals surface area contributed by atoms with Crippen LogP contribution in [0.2, 0.25) is 0 Å². The van der Waals surface area contributed by atoms with Crippen molar-refractivity contribution in [1.82, 2.24) is 4.98 Å². The molecule has 1 heterocycles. The number of anilines is 1. The number of rotatable bonds is 2. The van der Waals surface area contributed by atoms with E-state index in [1.165, 1.54) is 0 Å². The minimum Gasteiger partial charge on any atom is -0.373 e. The second-order valence-corrected chi connectivity index (χ2v) is 2.41. The number of aromatic nitrogens is 1. The molecule has 0 saturated carbocycles. The van der Waals surface area contributed by atoms with E-state index in [4.69, 9.17) is 5.73 Å². The zero-order chi connectivity index (χ0) is 8.27. The van der Waals surface area contributed by atoms with Gasteiger partial charge in [0.1, 0.15) is 5.82 Å². The first-order chi connectivity index (χ1) is 5.27. The fourth-order valence-corrected chi connectivity index (χ4v) is 0.967. The fourth-order valence-electron chi connectivity index (χ4n) is 0.967. The Morgan fingerprint density at radius 2 is 2.27 bits per heavy atom. The van der Waals surface area contributed by atoms with E-state index in [0.717, 1.165) is 17.1 Å². The maximum absolute atomic E-state index is 5.50. The van der Waals surface area contributed by atoms with Gasteiger partial charge in [-0.25, -0.2) is 4.98 Å². The fraction of sp³-hybridized carbons (Fsp3) is 0.375. The third kappa shape index (κ3) is 1.68. The molecule has 0 aliphatic heterocycles. The number of nitrogens with zero attached hydrogens (tertiary/aromatic N) is 1. The molecular weight excluding hydrogens is 138 g/mol. The number of nitrogens with two attached hydrogens (primary N) is 1. The summed E-state index contributed by atoms with van der Waals surface area (Å²) in [5.41, 5.74) is 7.56. The van der Waals surface area contributed by atoms with Crippen molar-refractivity contribution in [1.29, 1.82) is 0 Å². The van der Waals surface area contributed by atoms with Crippen molar-refractivity contribution < 1.29 is 0 Å². The predicted molar refractivity (Wildman–Crippen MR) is 46.4 cm³/mol. The molecule has 0 spiro atoms. The van der Waals surface area contributed by atoms with E-state index in [9.17, 15) is 0 Å². The lowest BCUT2D eigenvalue weighted by Crippen LogP contribution is -2.04. The third-order valence-corrected chi connectivity index (χ3v) is 1.57. The van der Waals surface area contributed by atoms with Crippen LogP contribution in [0.1, 0.15) is 11.3 Å². The molecule has 0 aliphatic rings. The Hall–Kier alpha value is -1.09. The number of aryl methyl sites for hydroxylation is 1. The molecule has 0 aromatic carbocycles. The van der Waals surface area contributed by atoms with Crippen molar-refractivity contribution in [2.45, 2.75) is 13.5 Å². The van der Waals surface area contributed by atoms with E-state index < -0.39 is 0 Å². The summed E-state index contributed by atoms with van der Waals surface area (Å²) in [4.78, 5) is 4.27. The molecule has 0 atom stereocenters. The van der Waals surface area contributed by atoms with E-state index in [-0.39, 0.29) is 0 Å². The first kappa shape index (κ1) is 8.01. The maximum Gasteiger partial charge on any atom is 0.130 e. The molecule has 0 fully saturated rings. The quantitative estimate of drug-likeness (QED) is 0.660. The summed E-state index contributed by atoms with van der Waals surface area (Å²) in [5, 5.41) is 3.00. The van der Waals surface area contributed by atoms with Crippen LogP contribution in [0.4, 0.5) is 5.82 Å². The molecule has 0 radical (unpaired) electrons. The molecule has 1 rings (SSSR count). The lowest BCUT2D eigenvalue weighted by Gasteiger charge is -2.05. The molecule has 3 nitrogen and oxygen atoms in total. The van der Waals surface area contributed by atoms with E-state index in [0.29, 0.717) is 6.54 Å². The summed E-state index contributed by atoms with van der Waals surface area (Å²) < 4.78 is 0. The molecule has 3 N–H and O–H groups in total. The largest absolute Gasteiger partial charge is 0.373 e. The topological polar surface area (TPSA) is 50.9 Å². The van der Waals surface area contributed by atoms with Gasteiger partial charge in [0.2, 0.25) is 0 Å². The average Bonchev–Trinajstić information content (AvgIpc) is 2.04. The predicted octanol–water partition coefficient (Wildman–Crippen LogP) is 0.890. The van der Waals surface area contributed by atoms with Crippen LogP contribution in [0, 0.1) is 6.92 Å². The molecule has 0 bridgehead atoms. The summed E-state index contributed by atoms with van der Waals surface area (Å²) in [6.07, 6.45) is 0. The Balaban J connectivity index is 3.06. The molecule has 1 aromatic rings. The molecule has 0 aliphatic carbocycles. The van der Waals surface area contributed by atoms with Gasteiger partial charge in [0.05, 0.1) is 0 Å². The monoisotopic (exact) mass is 151 g/mol. The first-order valence-electron chi connectivity index (χ1n) is 3.62. The van der Waals surface area contributed by atoms with Crippen molar-refractivity contribution >= 4 is 5.82 Å². The SMILES string of the molecule is CNc1nc(C)ccc1CN. The van der Waals surface area contributed by atoms with Gasteiger partial charge in [0, 0.05) is 24.8 Å².